The van der Waals surface area contributed by atoms with Gasteiger partial charge in [-0.3, -0.25) is 9.78 Å². The minimum atomic E-state index is -0.0149. The van der Waals surface area contributed by atoms with Gasteiger partial charge in [0.25, 0.3) is 0 Å². The van der Waals surface area contributed by atoms with E-state index in [1.54, 1.807) is 10.9 Å². The maximum absolute atomic E-state index is 11.1. The third kappa shape index (κ3) is 5.34. The van der Waals surface area contributed by atoms with E-state index in [1.807, 2.05) is 13.0 Å². The Kier molecular flexibility index (Phi) is 8.85. The van der Waals surface area contributed by atoms with E-state index in [0.29, 0.717) is 29.7 Å². The van der Waals surface area contributed by atoms with E-state index in [9.17, 15) is 9.59 Å². The van der Waals surface area contributed by atoms with Crippen LogP contribution in [-0.2, 0) is 9.53 Å². The van der Waals surface area contributed by atoms with Gasteiger partial charge in [-0.25, -0.2) is 6.08 Å². The van der Waals surface area contributed by atoms with Gasteiger partial charge in [-0.2, -0.15) is 6.08 Å². The van der Waals surface area contributed by atoms with Crippen molar-refractivity contribution in [3.63, 3.8) is 0 Å². The monoisotopic (exact) mass is 351 g/mol. The number of hydrogen-bond acceptors (Lipinski definition) is 5. The Morgan fingerprint density at radius 1 is 1.50 bits per heavy atom. The van der Waals surface area contributed by atoms with Gasteiger partial charge < -0.3 is 32.8 Å². The van der Waals surface area contributed by atoms with Gasteiger partial charge >= 0.3 is 18.9 Å². The zero-order valence-corrected chi connectivity index (χ0v) is 16.1. The number of imidazole rings is 1. The van der Waals surface area contributed by atoms with Gasteiger partial charge in [-0.1, -0.05) is 19.9 Å². The third-order valence-corrected chi connectivity index (χ3v) is 4.58. The fraction of sp³-hybridized carbons (Fsp3) is 0.526. The van der Waals surface area contributed by atoms with E-state index in [-0.39, 0.29) is 30.7 Å². The standard InChI is InChI=1S/C10H14NO2.C9H12N2O.Li/c1-8(3-2-4-12)11-6-10-5-9(11)7-13-10;1-6(2)11-8(4)10-5-9(11)7(3)12;/h2-3,8-10H,5-7H2,1H3;5-6H,1,4H2,2-3H3;/q-1;-2;+1/b3-2+;;/t8-,9?,10?;6-;/m00./s1. The molecule has 2 aliphatic rings. The number of rotatable bonds is 5. The number of aromatic nitrogens is 2. The minimum Gasteiger partial charge on any atom is -0.419 e. The molecule has 7 heteroatoms. The molecule has 2 saturated heterocycles. The zero-order valence-electron chi connectivity index (χ0n) is 16.1. The summed E-state index contributed by atoms with van der Waals surface area (Å²) in [4.78, 5) is 27.4. The van der Waals surface area contributed by atoms with E-state index < -0.39 is 0 Å². The first-order valence-electron chi connectivity index (χ1n) is 8.50. The Balaban J connectivity index is 0.000000251. The first kappa shape index (κ1) is 22.7. The molecule has 0 saturated carbocycles. The Hall–Kier alpha value is -1.32. The Morgan fingerprint density at radius 2 is 2.19 bits per heavy atom. The number of ketones is 1. The van der Waals surface area contributed by atoms with Crippen molar-refractivity contribution in [2.24, 2.45) is 0 Å². The normalized spacial score (nSPS) is 23.8. The van der Waals surface area contributed by atoms with Crippen LogP contribution in [0.3, 0.4) is 0 Å². The minimum absolute atomic E-state index is 0. The molecule has 0 N–H and O–H groups in total. The van der Waals surface area contributed by atoms with Crippen LogP contribution in [-0.4, -0.2) is 57.9 Å². The number of morpholine rings is 1. The fourth-order valence-electron chi connectivity index (χ4n) is 3.37. The Bertz CT molecular complexity index is 642. The SMILES string of the molecule is C[C@@H](/C=C/[C-]=O)N1CC2CC1CO2.[CH2-]c1ncc(C(C)=O)n1[C@@H]([CH2-])C.[Li+]. The van der Waals surface area contributed by atoms with Crippen molar-refractivity contribution in [3.8, 4) is 0 Å². The summed E-state index contributed by atoms with van der Waals surface area (Å²) in [5.74, 6) is 0.579. The number of carbonyl (C=O) groups excluding carboxylic acids is 2. The topological polar surface area (TPSA) is 64.4 Å². The first-order chi connectivity index (χ1) is 11.8. The van der Waals surface area contributed by atoms with Crippen molar-refractivity contribution >= 4 is 12.1 Å². The van der Waals surface area contributed by atoms with Crippen LogP contribution >= 0.6 is 0 Å². The summed E-state index contributed by atoms with van der Waals surface area (Å²) in [5.41, 5.74) is 0.572. The molecular formula is C19H26LiN3O3-2. The van der Waals surface area contributed by atoms with Crippen LogP contribution in [0.1, 0.15) is 49.5 Å². The molecule has 0 spiro atoms. The number of fused-ring (bicyclic) bond motifs is 2. The van der Waals surface area contributed by atoms with Crippen molar-refractivity contribution in [3.05, 3.63) is 43.7 Å². The second-order valence-electron chi connectivity index (χ2n) is 6.59. The van der Waals surface area contributed by atoms with Crippen molar-refractivity contribution in [1.29, 1.82) is 0 Å². The number of allylic oxidation sites excluding steroid dienone is 1. The van der Waals surface area contributed by atoms with E-state index in [2.05, 4.69) is 30.7 Å². The molecular weight excluding hydrogens is 325 g/mol. The van der Waals surface area contributed by atoms with E-state index in [1.165, 1.54) is 19.2 Å². The van der Waals surface area contributed by atoms with Gasteiger partial charge in [0.1, 0.15) is 0 Å². The number of Topliss-reactive ketones (excluding diaryl/α,β-unsaturated/α-hetero) is 1. The van der Waals surface area contributed by atoms with Crippen molar-refractivity contribution < 1.29 is 33.2 Å². The zero-order chi connectivity index (χ0) is 18.6. The molecule has 4 atom stereocenters. The summed E-state index contributed by atoms with van der Waals surface area (Å²) in [6, 6.07) is 0.885. The fourth-order valence-corrected chi connectivity index (χ4v) is 3.37. The molecule has 2 bridgehead atoms. The molecule has 2 fully saturated rings. The average molecular weight is 351 g/mol. The van der Waals surface area contributed by atoms with Crippen molar-refractivity contribution in [2.45, 2.75) is 51.4 Å². The molecule has 0 aromatic carbocycles. The number of hydrogen-bond donors (Lipinski definition) is 0. The van der Waals surface area contributed by atoms with Gasteiger partial charge in [-0.05, 0) is 24.6 Å². The second-order valence-corrected chi connectivity index (χ2v) is 6.59. The second kappa shape index (κ2) is 10.1. The molecule has 3 heterocycles. The van der Waals surface area contributed by atoms with Crippen LogP contribution < -0.4 is 18.9 Å². The maximum atomic E-state index is 11.1. The molecule has 138 valence electrons. The molecule has 6 nitrogen and oxygen atoms in total. The molecule has 1 aromatic rings. The number of carbonyl (C=O) groups is 1. The summed E-state index contributed by atoms with van der Waals surface area (Å²) in [7, 11) is 0. The largest absolute Gasteiger partial charge is 1.00 e. The molecule has 26 heavy (non-hydrogen) atoms. The Labute approximate surface area is 168 Å². The number of likely N-dealkylation sites (tertiary alicyclic amines) is 1. The molecule has 0 amide bonds. The third-order valence-electron chi connectivity index (χ3n) is 4.58. The predicted octanol–water partition coefficient (Wildman–Crippen LogP) is -0.819. The smallest absolute Gasteiger partial charge is 0.419 e. The van der Waals surface area contributed by atoms with Gasteiger partial charge in [-0.15, -0.1) is 0 Å². The van der Waals surface area contributed by atoms with Crippen LogP contribution in [0.25, 0.3) is 0 Å². The van der Waals surface area contributed by atoms with Crippen LogP contribution in [0.15, 0.2) is 18.3 Å². The van der Waals surface area contributed by atoms with Crippen LogP contribution in [0.4, 0.5) is 0 Å². The summed E-state index contributed by atoms with van der Waals surface area (Å²) in [5, 5.41) is 0. The summed E-state index contributed by atoms with van der Waals surface area (Å²) >= 11 is 0. The first-order valence-corrected chi connectivity index (χ1v) is 8.50. The van der Waals surface area contributed by atoms with Gasteiger partial charge in [0.2, 0.25) is 0 Å². The number of ether oxygens (including phenoxy) is 1. The summed E-state index contributed by atoms with van der Waals surface area (Å²) in [6.45, 7) is 14.9. The predicted molar refractivity (Wildman–Crippen MR) is 95.9 cm³/mol. The molecule has 1 aromatic heterocycles. The van der Waals surface area contributed by atoms with E-state index in [0.717, 1.165) is 19.6 Å². The van der Waals surface area contributed by atoms with E-state index in [4.69, 9.17) is 4.74 Å². The average Bonchev–Trinajstić information content (AvgIpc) is 3.27. The number of nitrogens with zero attached hydrogens (tertiary/aromatic N) is 3. The van der Waals surface area contributed by atoms with Crippen LogP contribution in [0.2, 0.25) is 0 Å². The Morgan fingerprint density at radius 3 is 2.62 bits per heavy atom. The van der Waals surface area contributed by atoms with Crippen LogP contribution in [0.5, 0.6) is 0 Å². The van der Waals surface area contributed by atoms with Crippen molar-refractivity contribution in [2.75, 3.05) is 13.2 Å². The van der Waals surface area contributed by atoms with E-state index >= 15 is 0 Å². The molecule has 0 aliphatic carbocycles. The van der Waals surface area contributed by atoms with Gasteiger partial charge in [0.05, 0.1) is 24.6 Å². The summed E-state index contributed by atoms with van der Waals surface area (Å²) in [6.07, 6.45) is 8.25. The van der Waals surface area contributed by atoms with Crippen LogP contribution in [0, 0.1) is 13.8 Å². The molecule has 2 aliphatic heterocycles. The molecule has 3 rings (SSSR count). The van der Waals surface area contributed by atoms with Gasteiger partial charge in [0, 0.05) is 19.5 Å². The molecule has 0 radical (unpaired) electrons. The van der Waals surface area contributed by atoms with Crippen molar-refractivity contribution in [1.82, 2.24) is 14.5 Å². The molecule has 2 unspecified atom stereocenters. The van der Waals surface area contributed by atoms with Gasteiger partial charge in [0.15, 0.2) is 5.78 Å². The summed E-state index contributed by atoms with van der Waals surface area (Å²) < 4.78 is 7.22. The maximum Gasteiger partial charge on any atom is 1.00 e. The quantitative estimate of drug-likeness (QED) is 0.300.